The number of aromatic nitrogens is 1. The number of nitrogens with one attached hydrogen (secondary N) is 2. The highest BCUT2D eigenvalue weighted by molar-refractivity contribution is 5.97. The number of nitrogens with zero attached hydrogens (tertiary/aromatic N) is 1. The Hall–Kier alpha value is -3.67. The van der Waals surface area contributed by atoms with Crippen molar-refractivity contribution in [2.45, 2.75) is 13.0 Å². The molecule has 0 bridgehead atoms. The van der Waals surface area contributed by atoms with Gasteiger partial charge in [0.25, 0.3) is 11.8 Å². The summed E-state index contributed by atoms with van der Waals surface area (Å²) >= 11 is 0. The Morgan fingerprint density at radius 3 is 2.17 bits per heavy atom. The molecule has 0 aliphatic heterocycles. The number of para-hydroxylation sites is 1. The minimum Gasteiger partial charge on any atom is -0.496 e. The number of carbonyl (C=O) groups is 2. The van der Waals surface area contributed by atoms with Crippen LogP contribution >= 0.6 is 0 Å². The van der Waals surface area contributed by atoms with E-state index in [0.29, 0.717) is 30.6 Å². The summed E-state index contributed by atoms with van der Waals surface area (Å²) in [5, 5.41) is 5.70. The molecule has 3 rings (SSSR count). The molecule has 0 fully saturated rings. The molecule has 2 amide bonds. The maximum Gasteiger partial charge on any atom is 0.251 e. The molecule has 148 valence electrons. The fraction of sp³-hybridized carbons (Fsp3) is 0.174. The van der Waals surface area contributed by atoms with Gasteiger partial charge >= 0.3 is 0 Å². The summed E-state index contributed by atoms with van der Waals surface area (Å²) in [7, 11) is 1.63. The van der Waals surface area contributed by atoms with Crippen molar-refractivity contribution in [1.29, 1.82) is 0 Å². The van der Waals surface area contributed by atoms with Crippen LogP contribution in [0.1, 0.15) is 32.0 Å². The zero-order valence-corrected chi connectivity index (χ0v) is 16.2. The topological polar surface area (TPSA) is 80.3 Å². The molecule has 2 aromatic carbocycles. The minimum absolute atomic E-state index is 0.180. The molecular formula is C23H23N3O3. The van der Waals surface area contributed by atoms with Gasteiger partial charge in [-0.1, -0.05) is 24.3 Å². The Morgan fingerprint density at radius 1 is 0.862 bits per heavy atom. The van der Waals surface area contributed by atoms with Crippen LogP contribution in [0.5, 0.6) is 5.75 Å². The van der Waals surface area contributed by atoms with Crippen LogP contribution in [-0.4, -0.2) is 30.5 Å². The van der Waals surface area contributed by atoms with Gasteiger partial charge in [-0.3, -0.25) is 14.6 Å². The summed E-state index contributed by atoms with van der Waals surface area (Å²) in [6.07, 6.45) is 2.35. The normalized spacial score (nSPS) is 10.2. The van der Waals surface area contributed by atoms with Crippen molar-refractivity contribution >= 4 is 11.8 Å². The van der Waals surface area contributed by atoms with Crippen molar-refractivity contribution in [1.82, 2.24) is 15.6 Å². The molecule has 0 aliphatic rings. The zero-order chi connectivity index (χ0) is 20.5. The van der Waals surface area contributed by atoms with E-state index < -0.39 is 0 Å². The van der Waals surface area contributed by atoms with Gasteiger partial charge in [-0.05, 0) is 54.4 Å². The standard InChI is InChI=1S/C23H23N3O3/c1-29-21-8-3-2-6-17(21)13-15-25-22(27)18-9-11-19(12-10-18)23(28)26-16-20-7-4-5-14-24-20/h2-12,14H,13,15-16H2,1H3,(H,25,27)(H,26,28). The number of benzene rings is 2. The molecule has 0 radical (unpaired) electrons. The highest BCUT2D eigenvalue weighted by Crippen LogP contribution is 2.17. The van der Waals surface area contributed by atoms with Crippen molar-refractivity contribution in [2.75, 3.05) is 13.7 Å². The lowest BCUT2D eigenvalue weighted by molar-refractivity contribution is 0.0940. The first-order valence-corrected chi connectivity index (χ1v) is 9.35. The first-order chi connectivity index (χ1) is 14.2. The molecule has 0 saturated heterocycles. The number of methoxy groups -OCH3 is 1. The van der Waals surface area contributed by atoms with Crippen LogP contribution in [0, 0.1) is 0 Å². The molecule has 1 heterocycles. The lowest BCUT2D eigenvalue weighted by Gasteiger charge is -2.09. The van der Waals surface area contributed by atoms with Crippen molar-refractivity contribution in [2.24, 2.45) is 0 Å². The fourth-order valence-corrected chi connectivity index (χ4v) is 2.87. The molecule has 2 N–H and O–H groups in total. The van der Waals surface area contributed by atoms with E-state index in [2.05, 4.69) is 15.6 Å². The van der Waals surface area contributed by atoms with E-state index in [9.17, 15) is 9.59 Å². The number of rotatable bonds is 8. The first-order valence-electron chi connectivity index (χ1n) is 9.35. The molecule has 0 atom stereocenters. The van der Waals surface area contributed by atoms with Crippen molar-refractivity contribution < 1.29 is 14.3 Å². The van der Waals surface area contributed by atoms with E-state index in [1.807, 2.05) is 42.5 Å². The number of hydrogen-bond donors (Lipinski definition) is 2. The van der Waals surface area contributed by atoms with Gasteiger partial charge in [0.05, 0.1) is 19.3 Å². The smallest absolute Gasteiger partial charge is 0.251 e. The Morgan fingerprint density at radius 2 is 1.52 bits per heavy atom. The minimum atomic E-state index is -0.209. The number of carbonyl (C=O) groups excluding carboxylic acids is 2. The molecular weight excluding hydrogens is 366 g/mol. The van der Waals surface area contributed by atoms with Gasteiger partial charge in [-0.15, -0.1) is 0 Å². The molecule has 6 heteroatoms. The Balaban J connectivity index is 1.50. The third kappa shape index (κ3) is 5.65. The second-order valence-corrected chi connectivity index (χ2v) is 6.40. The Kier molecular flexibility index (Phi) is 6.95. The summed E-state index contributed by atoms with van der Waals surface area (Å²) in [6.45, 7) is 0.844. The van der Waals surface area contributed by atoms with Gasteiger partial charge < -0.3 is 15.4 Å². The molecule has 0 unspecified atom stereocenters. The maximum absolute atomic E-state index is 12.3. The van der Waals surface area contributed by atoms with E-state index in [1.165, 1.54) is 0 Å². The third-order valence-corrected chi connectivity index (χ3v) is 4.44. The Bertz CT molecular complexity index is 957. The predicted molar refractivity (Wildman–Crippen MR) is 111 cm³/mol. The SMILES string of the molecule is COc1ccccc1CCNC(=O)c1ccc(C(=O)NCc2ccccn2)cc1. The number of amides is 2. The van der Waals surface area contributed by atoms with Gasteiger partial charge in [0.15, 0.2) is 0 Å². The summed E-state index contributed by atoms with van der Waals surface area (Å²) in [6, 6.07) is 19.8. The van der Waals surface area contributed by atoms with E-state index in [0.717, 1.165) is 17.0 Å². The lowest BCUT2D eigenvalue weighted by atomic mass is 10.1. The average molecular weight is 389 g/mol. The molecule has 0 aliphatic carbocycles. The average Bonchev–Trinajstić information content (AvgIpc) is 2.78. The molecule has 1 aromatic heterocycles. The van der Waals surface area contributed by atoms with Gasteiger partial charge in [0.2, 0.25) is 0 Å². The van der Waals surface area contributed by atoms with Crippen LogP contribution in [0.4, 0.5) is 0 Å². The second-order valence-electron chi connectivity index (χ2n) is 6.40. The largest absolute Gasteiger partial charge is 0.496 e. The third-order valence-electron chi connectivity index (χ3n) is 4.44. The van der Waals surface area contributed by atoms with Crippen LogP contribution in [0.15, 0.2) is 72.9 Å². The quantitative estimate of drug-likeness (QED) is 0.621. The second kappa shape index (κ2) is 10.0. The van der Waals surface area contributed by atoms with Crippen molar-refractivity contribution in [3.8, 4) is 5.75 Å². The summed E-state index contributed by atoms with van der Waals surface area (Å²) in [5.74, 6) is 0.418. The molecule has 0 saturated carbocycles. The highest BCUT2D eigenvalue weighted by atomic mass is 16.5. The lowest BCUT2D eigenvalue weighted by Crippen LogP contribution is -2.26. The van der Waals surface area contributed by atoms with Crippen LogP contribution in [0.2, 0.25) is 0 Å². The van der Waals surface area contributed by atoms with Crippen LogP contribution in [-0.2, 0) is 13.0 Å². The van der Waals surface area contributed by atoms with Crippen LogP contribution in [0.25, 0.3) is 0 Å². The molecule has 0 spiro atoms. The van der Waals surface area contributed by atoms with Crippen molar-refractivity contribution in [3.05, 3.63) is 95.3 Å². The van der Waals surface area contributed by atoms with Gasteiger partial charge in [0.1, 0.15) is 5.75 Å². The molecule has 29 heavy (non-hydrogen) atoms. The zero-order valence-electron chi connectivity index (χ0n) is 16.2. The van der Waals surface area contributed by atoms with Crippen LogP contribution < -0.4 is 15.4 Å². The summed E-state index contributed by atoms with van der Waals surface area (Å²) in [4.78, 5) is 28.7. The van der Waals surface area contributed by atoms with E-state index in [-0.39, 0.29) is 11.8 Å². The van der Waals surface area contributed by atoms with Gasteiger partial charge in [0, 0.05) is 23.9 Å². The summed E-state index contributed by atoms with van der Waals surface area (Å²) in [5.41, 5.74) is 2.82. The van der Waals surface area contributed by atoms with E-state index >= 15 is 0 Å². The predicted octanol–water partition coefficient (Wildman–Crippen LogP) is 2.99. The fourth-order valence-electron chi connectivity index (χ4n) is 2.87. The number of hydrogen-bond acceptors (Lipinski definition) is 4. The highest BCUT2D eigenvalue weighted by Gasteiger charge is 2.09. The Labute approximate surface area is 169 Å². The first kappa shape index (κ1) is 20.1. The van der Waals surface area contributed by atoms with Crippen LogP contribution in [0.3, 0.4) is 0 Å². The number of pyridine rings is 1. The molecule has 3 aromatic rings. The monoisotopic (exact) mass is 389 g/mol. The van der Waals surface area contributed by atoms with E-state index in [1.54, 1.807) is 37.6 Å². The maximum atomic E-state index is 12.3. The van der Waals surface area contributed by atoms with Crippen molar-refractivity contribution in [3.63, 3.8) is 0 Å². The van der Waals surface area contributed by atoms with Gasteiger partial charge in [-0.2, -0.15) is 0 Å². The van der Waals surface area contributed by atoms with E-state index in [4.69, 9.17) is 4.74 Å². The summed E-state index contributed by atoms with van der Waals surface area (Å²) < 4.78 is 5.32. The molecule has 6 nitrogen and oxygen atoms in total. The van der Waals surface area contributed by atoms with Gasteiger partial charge in [-0.25, -0.2) is 0 Å². The number of ether oxygens (including phenoxy) is 1.